The van der Waals surface area contributed by atoms with Gasteiger partial charge in [0, 0.05) is 39.1 Å². The molecule has 2 aliphatic rings. The van der Waals surface area contributed by atoms with Crippen LogP contribution in [0.25, 0.3) is 0 Å². The van der Waals surface area contributed by atoms with Crippen LogP contribution in [-0.4, -0.2) is 63.3 Å². The zero-order valence-corrected chi connectivity index (χ0v) is 18.2. The number of amides is 1. The van der Waals surface area contributed by atoms with Gasteiger partial charge in [-0.15, -0.1) is 10.2 Å². The molecule has 2 aliphatic heterocycles. The number of fused-ring (bicyclic) bond motifs is 1. The summed E-state index contributed by atoms with van der Waals surface area (Å²) in [6, 6.07) is 8.02. The number of carbonyl (C=O) groups excluding carboxylic acids is 1. The molecule has 162 valence electrons. The predicted octanol–water partition coefficient (Wildman–Crippen LogP) is 2.85. The van der Waals surface area contributed by atoms with Crippen LogP contribution in [0.4, 0.5) is 0 Å². The molecule has 0 saturated carbocycles. The summed E-state index contributed by atoms with van der Waals surface area (Å²) in [5, 5.41) is 8.84. The van der Waals surface area contributed by atoms with Gasteiger partial charge in [-0.2, -0.15) is 0 Å². The van der Waals surface area contributed by atoms with Crippen molar-refractivity contribution in [3.05, 3.63) is 41.5 Å². The lowest BCUT2D eigenvalue weighted by molar-refractivity contribution is -0.135. The number of hydrogen-bond donors (Lipinski definition) is 0. The molecule has 7 nitrogen and oxygen atoms in total. The molecule has 0 unspecified atom stereocenters. The lowest BCUT2D eigenvalue weighted by Crippen LogP contribution is -2.49. The molecule has 1 amide bonds. The fourth-order valence-corrected chi connectivity index (χ4v) is 4.22. The number of benzene rings is 1. The first kappa shape index (κ1) is 20.8. The van der Waals surface area contributed by atoms with Crippen molar-refractivity contribution in [2.24, 2.45) is 0 Å². The van der Waals surface area contributed by atoms with Gasteiger partial charge in [-0.05, 0) is 36.5 Å². The van der Waals surface area contributed by atoms with E-state index in [0.717, 1.165) is 63.1 Å². The van der Waals surface area contributed by atoms with Gasteiger partial charge in [-0.25, -0.2) is 0 Å². The van der Waals surface area contributed by atoms with Gasteiger partial charge < -0.3 is 14.2 Å². The minimum absolute atomic E-state index is 0.0564. The Kier molecular flexibility index (Phi) is 6.67. The zero-order chi connectivity index (χ0) is 20.9. The van der Waals surface area contributed by atoms with E-state index in [2.05, 4.69) is 39.6 Å². The standard InChI is InChI=1S/C23H33N5O2/c1-18(2)19-7-6-8-20(15-19)30-17-23(29)27-13-11-26(12-14-27)16-22-25-24-21-9-4-3-5-10-28(21)22/h6-8,15,18H,3-5,9-14,16-17H2,1-2H3. The maximum atomic E-state index is 12.6. The highest BCUT2D eigenvalue weighted by Gasteiger charge is 2.23. The van der Waals surface area contributed by atoms with Crippen LogP contribution in [0.2, 0.25) is 0 Å². The molecule has 3 heterocycles. The molecule has 1 saturated heterocycles. The molecule has 1 aromatic carbocycles. The largest absolute Gasteiger partial charge is 0.484 e. The Labute approximate surface area is 179 Å². The Hall–Kier alpha value is -2.41. The third-order valence-electron chi connectivity index (χ3n) is 6.16. The molecule has 0 aliphatic carbocycles. The van der Waals surface area contributed by atoms with E-state index in [0.29, 0.717) is 5.92 Å². The Morgan fingerprint density at radius 2 is 1.90 bits per heavy atom. The molecule has 4 rings (SSSR count). The van der Waals surface area contributed by atoms with Gasteiger partial charge in [0.25, 0.3) is 5.91 Å². The Balaban J connectivity index is 1.25. The number of ether oxygens (including phenoxy) is 1. The maximum absolute atomic E-state index is 12.6. The van der Waals surface area contributed by atoms with Gasteiger partial charge in [0.1, 0.15) is 17.4 Å². The van der Waals surface area contributed by atoms with Crippen molar-refractivity contribution in [2.75, 3.05) is 32.8 Å². The van der Waals surface area contributed by atoms with Crippen molar-refractivity contribution in [1.82, 2.24) is 24.6 Å². The summed E-state index contributed by atoms with van der Waals surface area (Å²) in [6.45, 7) is 9.43. The second kappa shape index (κ2) is 9.60. The Morgan fingerprint density at radius 1 is 1.07 bits per heavy atom. The van der Waals surface area contributed by atoms with Crippen molar-refractivity contribution < 1.29 is 9.53 Å². The highest BCUT2D eigenvalue weighted by atomic mass is 16.5. The quantitative estimate of drug-likeness (QED) is 0.731. The van der Waals surface area contributed by atoms with E-state index in [9.17, 15) is 4.79 Å². The van der Waals surface area contributed by atoms with Crippen molar-refractivity contribution in [2.45, 2.75) is 58.5 Å². The third-order valence-corrected chi connectivity index (χ3v) is 6.16. The summed E-state index contributed by atoms with van der Waals surface area (Å²) in [5.41, 5.74) is 1.22. The van der Waals surface area contributed by atoms with Crippen LogP contribution in [0.3, 0.4) is 0 Å². The second-order valence-electron chi connectivity index (χ2n) is 8.67. The third kappa shape index (κ3) is 5.01. The number of rotatable bonds is 6. The van der Waals surface area contributed by atoms with Crippen LogP contribution in [0.1, 0.15) is 56.2 Å². The summed E-state index contributed by atoms with van der Waals surface area (Å²) < 4.78 is 8.08. The Morgan fingerprint density at radius 3 is 2.70 bits per heavy atom. The average molecular weight is 412 g/mol. The zero-order valence-electron chi connectivity index (χ0n) is 18.2. The van der Waals surface area contributed by atoms with E-state index in [-0.39, 0.29) is 12.5 Å². The van der Waals surface area contributed by atoms with E-state index in [4.69, 9.17) is 4.74 Å². The van der Waals surface area contributed by atoms with Crippen molar-refractivity contribution in [3.63, 3.8) is 0 Å². The smallest absolute Gasteiger partial charge is 0.260 e. The fraction of sp³-hybridized carbons (Fsp3) is 0.609. The minimum atomic E-state index is 0.0564. The molecule has 0 atom stereocenters. The van der Waals surface area contributed by atoms with Crippen molar-refractivity contribution in [1.29, 1.82) is 0 Å². The number of aryl methyl sites for hydroxylation is 1. The molecule has 0 spiro atoms. The lowest BCUT2D eigenvalue weighted by atomic mass is 10.0. The normalized spacial score (nSPS) is 17.6. The lowest BCUT2D eigenvalue weighted by Gasteiger charge is -2.34. The monoisotopic (exact) mass is 411 g/mol. The van der Waals surface area contributed by atoms with E-state index in [1.54, 1.807) is 0 Å². The van der Waals surface area contributed by atoms with Crippen LogP contribution in [0.15, 0.2) is 24.3 Å². The van der Waals surface area contributed by atoms with Crippen LogP contribution in [-0.2, 0) is 24.3 Å². The number of carbonyl (C=O) groups is 1. The summed E-state index contributed by atoms with van der Waals surface area (Å²) in [5.74, 6) is 3.47. The number of hydrogen-bond acceptors (Lipinski definition) is 5. The average Bonchev–Trinajstić information content (AvgIpc) is 2.98. The molecular weight excluding hydrogens is 378 g/mol. The van der Waals surface area contributed by atoms with Crippen LogP contribution < -0.4 is 4.74 Å². The minimum Gasteiger partial charge on any atom is -0.484 e. The highest BCUT2D eigenvalue weighted by Crippen LogP contribution is 2.20. The molecule has 30 heavy (non-hydrogen) atoms. The molecule has 0 bridgehead atoms. The Bertz CT molecular complexity index is 855. The molecule has 0 radical (unpaired) electrons. The summed E-state index contributed by atoms with van der Waals surface area (Å²) in [4.78, 5) is 16.9. The van der Waals surface area contributed by atoms with Crippen molar-refractivity contribution >= 4 is 5.91 Å². The first-order valence-corrected chi connectivity index (χ1v) is 11.2. The molecule has 2 aromatic rings. The van der Waals surface area contributed by atoms with Gasteiger partial charge >= 0.3 is 0 Å². The summed E-state index contributed by atoms with van der Waals surface area (Å²) >= 11 is 0. The first-order chi connectivity index (χ1) is 14.6. The first-order valence-electron chi connectivity index (χ1n) is 11.2. The van der Waals surface area contributed by atoms with E-state index in [1.165, 1.54) is 24.8 Å². The second-order valence-corrected chi connectivity index (χ2v) is 8.67. The topological polar surface area (TPSA) is 63.5 Å². The van der Waals surface area contributed by atoms with Gasteiger partial charge in [0.15, 0.2) is 6.61 Å². The SMILES string of the molecule is CC(C)c1cccc(OCC(=O)N2CCN(Cc3nnc4n3CCCCC4)CC2)c1. The summed E-state index contributed by atoms with van der Waals surface area (Å²) in [6.07, 6.45) is 4.73. The number of nitrogens with zero attached hydrogens (tertiary/aromatic N) is 5. The van der Waals surface area contributed by atoms with Gasteiger partial charge in [0.05, 0.1) is 6.54 Å². The number of aromatic nitrogens is 3. The number of piperazine rings is 1. The predicted molar refractivity (Wildman–Crippen MR) is 115 cm³/mol. The molecule has 0 N–H and O–H groups in total. The molecule has 1 fully saturated rings. The van der Waals surface area contributed by atoms with E-state index < -0.39 is 0 Å². The highest BCUT2D eigenvalue weighted by molar-refractivity contribution is 5.77. The van der Waals surface area contributed by atoms with E-state index in [1.807, 2.05) is 23.1 Å². The van der Waals surface area contributed by atoms with Crippen LogP contribution in [0.5, 0.6) is 5.75 Å². The van der Waals surface area contributed by atoms with Gasteiger partial charge in [0.2, 0.25) is 0 Å². The fourth-order valence-electron chi connectivity index (χ4n) is 4.22. The van der Waals surface area contributed by atoms with Crippen LogP contribution in [0, 0.1) is 0 Å². The van der Waals surface area contributed by atoms with Gasteiger partial charge in [-0.1, -0.05) is 32.4 Å². The summed E-state index contributed by atoms with van der Waals surface area (Å²) in [7, 11) is 0. The van der Waals surface area contributed by atoms with Gasteiger partial charge in [-0.3, -0.25) is 9.69 Å². The van der Waals surface area contributed by atoms with Crippen LogP contribution >= 0.6 is 0 Å². The maximum Gasteiger partial charge on any atom is 0.260 e. The van der Waals surface area contributed by atoms with E-state index >= 15 is 0 Å². The molecule has 7 heteroatoms. The molecule has 1 aromatic heterocycles. The molecular formula is C23H33N5O2. The van der Waals surface area contributed by atoms with Crippen molar-refractivity contribution in [3.8, 4) is 5.75 Å².